The number of carbonyl (C=O) groups excluding carboxylic acids is 1. The Morgan fingerprint density at radius 1 is 1.12 bits per heavy atom. The number of nitrogens with one attached hydrogen (secondary N) is 1. The number of nitrogens with zero attached hydrogens (tertiary/aromatic N) is 3. The first-order chi connectivity index (χ1) is 16.4. The van der Waals surface area contributed by atoms with Crippen molar-refractivity contribution in [1.82, 2.24) is 19.5 Å². The summed E-state index contributed by atoms with van der Waals surface area (Å²) in [5.74, 6) is 0.607. The summed E-state index contributed by atoms with van der Waals surface area (Å²) in [7, 11) is 1.62. The van der Waals surface area contributed by atoms with Crippen molar-refractivity contribution in [3.05, 3.63) is 87.8 Å². The van der Waals surface area contributed by atoms with Crippen LogP contribution in [0.5, 0.6) is 5.75 Å². The van der Waals surface area contributed by atoms with Crippen molar-refractivity contribution >= 4 is 11.6 Å². The van der Waals surface area contributed by atoms with E-state index in [0.29, 0.717) is 30.0 Å². The number of methoxy groups -OCH3 is 1. The van der Waals surface area contributed by atoms with E-state index in [0.717, 1.165) is 22.5 Å². The van der Waals surface area contributed by atoms with E-state index < -0.39 is 0 Å². The molecule has 2 aromatic carbocycles. The monoisotopic (exact) mass is 458 g/mol. The second kappa shape index (κ2) is 9.95. The van der Waals surface area contributed by atoms with Crippen molar-refractivity contribution in [2.24, 2.45) is 0 Å². The van der Waals surface area contributed by atoms with Crippen molar-refractivity contribution in [3.63, 3.8) is 0 Å². The highest BCUT2D eigenvalue weighted by Crippen LogP contribution is 2.29. The maximum Gasteiger partial charge on any atom is 0.277 e. The lowest BCUT2D eigenvalue weighted by Gasteiger charge is -2.16. The van der Waals surface area contributed by atoms with Gasteiger partial charge in [0.05, 0.1) is 18.8 Å². The lowest BCUT2D eigenvalue weighted by molar-refractivity contribution is -0.121. The molecule has 2 heterocycles. The molecule has 34 heavy (non-hydrogen) atoms. The molecule has 0 spiro atoms. The molecular formula is C27H30N4O3. The maximum atomic E-state index is 13.4. The van der Waals surface area contributed by atoms with Crippen LogP contribution in [0.1, 0.15) is 43.1 Å². The molecule has 0 saturated heterocycles. The van der Waals surface area contributed by atoms with Gasteiger partial charge >= 0.3 is 0 Å². The Bertz CT molecular complexity index is 1370. The quantitative estimate of drug-likeness (QED) is 0.427. The van der Waals surface area contributed by atoms with Crippen molar-refractivity contribution in [3.8, 4) is 17.0 Å². The smallest absolute Gasteiger partial charge is 0.277 e. The van der Waals surface area contributed by atoms with Gasteiger partial charge in [0.2, 0.25) is 5.91 Å². The molecule has 2 aromatic heterocycles. The fraction of sp³-hybridized carbons (Fsp3) is 0.296. The van der Waals surface area contributed by atoms with Gasteiger partial charge in [-0.05, 0) is 44.9 Å². The Kier molecular flexibility index (Phi) is 6.82. The molecule has 1 atom stereocenters. The number of fused-ring (bicyclic) bond motifs is 1. The summed E-state index contributed by atoms with van der Waals surface area (Å²) in [5, 5.41) is 7.64. The first kappa shape index (κ1) is 23.3. The third-order valence-corrected chi connectivity index (χ3v) is 6.24. The summed E-state index contributed by atoms with van der Waals surface area (Å²) < 4.78 is 8.99. The van der Waals surface area contributed by atoms with Gasteiger partial charge < -0.3 is 14.6 Å². The molecule has 0 fully saturated rings. The van der Waals surface area contributed by atoms with Gasteiger partial charge in [-0.15, -0.1) is 0 Å². The van der Waals surface area contributed by atoms with Crippen LogP contribution in [0, 0.1) is 6.92 Å². The molecule has 4 rings (SSSR count). The van der Waals surface area contributed by atoms with Crippen LogP contribution in [0.25, 0.3) is 16.9 Å². The van der Waals surface area contributed by atoms with E-state index in [1.165, 1.54) is 4.52 Å². The minimum Gasteiger partial charge on any atom is -0.496 e. The van der Waals surface area contributed by atoms with Crippen molar-refractivity contribution < 1.29 is 9.53 Å². The number of hydrogen-bond donors (Lipinski definition) is 1. The van der Waals surface area contributed by atoms with E-state index in [9.17, 15) is 9.59 Å². The zero-order valence-electron chi connectivity index (χ0n) is 20.0. The van der Waals surface area contributed by atoms with Gasteiger partial charge in [-0.2, -0.15) is 9.61 Å². The Balaban J connectivity index is 1.63. The van der Waals surface area contributed by atoms with Crippen LogP contribution in [0.2, 0.25) is 0 Å². The van der Waals surface area contributed by atoms with Crippen LogP contribution in [0.4, 0.5) is 0 Å². The van der Waals surface area contributed by atoms with Gasteiger partial charge in [0.15, 0.2) is 0 Å². The molecule has 7 nitrogen and oxygen atoms in total. The van der Waals surface area contributed by atoms with Crippen molar-refractivity contribution in [2.75, 3.05) is 7.11 Å². The minimum absolute atomic E-state index is 0.0894. The number of aryl methyl sites for hydroxylation is 1. The Labute approximate surface area is 199 Å². The SMILES string of the molecule is CCn1c(C)c(CCC(=O)NC(C)c2ccccc2)c(=O)n2nc(-c3ccccc3OC)cc12. The molecule has 1 unspecified atom stereocenters. The van der Waals surface area contributed by atoms with Crippen LogP contribution in [-0.4, -0.2) is 27.2 Å². The first-order valence-electron chi connectivity index (χ1n) is 11.5. The number of ether oxygens (including phenoxy) is 1. The number of amides is 1. The molecule has 176 valence electrons. The average molecular weight is 459 g/mol. The molecule has 7 heteroatoms. The summed E-state index contributed by atoms with van der Waals surface area (Å²) in [6, 6.07) is 19.2. The van der Waals surface area contributed by atoms with Crippen LogP contribution >= 0.6 is 0 Å². The molecule has 0 bridgehead atoms. The summed E-state index contributed by atoms with van der Waals surface area (Å²) in [5.41, 5.74) is 4.52. The highest BCUT2D eigenvalue weighted by Gasteiger charge is 2.19. The van der Waals surface area contributed by atoms with Crippen molar-refractivity contribution in [1.29, 1.82) is 0 Å². The lowest BCUT2D eigenvalue weighted by atomic mass is 10.1. The minimum atomic E-state index is -0.192. The zero-order chi connectivity index (χ0) is 24.2. The number of hydrogen-bond acceptors (Lipinski definition) is 4. The molecule has 1 amide bonds. The summed E-state index contributed by atoms with van der Waals surface area (Å²) in [6.45, 7) is 6.60. The summed E-state index contributed by atoms with van der Waals surface area (Å²) in [4.78, 5) is 26.0. The van der Waals surface area contributed by atoms with E-state index in [2.05, 4.69) is 15.0 Å². The Hall–Kier alpha value is -3.87. The predicted molar refractivity (Wildman–Crippen MR) is 133 cm³/mol. The number of rotatable bonds is 8. The maximum absolute atomic E-state index is 13.4. The summed E-state index contributed by atoms with van der Waals surface area (Å²) >= 11 is 0. The molecular weight excluding hydrogens is 428 g/mol. The highest BCUT2D eigenvalue weighted by atomic mass is 16.5. The van der Waals surface area contributed by atoms with Crippen LogP contribution in [0.15, 0.2) is 65.5 Å². The number of benzene rings is 2. The zero-order valence-corrected chi connectivity index (χ0v) is 20.0. The van der Waals surface area contributed by atoms with Gasteiger partial charge in [0.1, 0.15) is 11.4 Å². The fourth-order valence-electron chi connectivity index (χ4n) is 4.38. The van der Waals surface area contributed by atoms with E-state index in [-0.39, 0.29) is 23.9 Å². The normalized spacial score (nSPS) is 12.0. The molecule has 0 aliphatic carbocycles. The van der Waals surface area contributed by atoms with Gasteiger partial charge in [0, 0.05) is 35.9 Å². The molecule has 4 aromatic rings. The molecule has 1 N–H and O–H groups in total. The van der Waals surface area contributed by atoms with Gasteiger partial charge in [-0.1, -0.05) is 42.5 Å². The second-order valence-electron chi connectivity index (χ2n) is 8.31. The largest absolute Gasteiger partial charge is 0.496 e. The molecule has 0 radical (unpaired) electrons. The van der Waals surface area contributed by atoms with Crippen LogP contribution in [0.3, 0.4) is 0 Å². The standard InChI is InChI=1S/C27H30N4O3/c1-5-30-19(3)21(15-16-25(32)28-18(2)20-11-7-6-8-12-20)27(33)31-26(30)17-23(29-31)22-13-9-10-14-24(22)34-4/h6-14,17-18H,5,15-16H2,1-4H3,(H,28,32). The third-order valence-electron chi connectivity index (χ3n) is 6.24. The molecule has 0 saturated carbocycles. The average Bonchev–Trinajstić information content (AvgIpc) is 3.30. The number of para-hydroxylation sites is 1. The molecule has 0 aliphatic rings. The van der Waals surface area contributed by atoms with Gasteiger partial charge in [0.25, 0.3) is 5.56 Å². The van der Waals surface area contributed by atoms with Gasteiger partial charge in [-0.25, -0.2) is 0 Å². The van der Waals surface area contributed by atoms with E-state index in [4.69, 9.17) is 4.74 Å². The predicted octanol–water partition coefficient (Wildman–Crippen LogP) is 4.31. The Morgan fingerprint density at radius 3 is 2.53 bits per heavy atom. The summed E-state index contributed by atoms with van der Waals surface area (Å²) in [6.07, 6.45) is 0.570. The topological polar surface area (TPSA) is 77.6 Å². The second-order valence-corrected chi connectivity index (χ2v) is 8.31. The van der Waals surface area contributed by atoms with Crippen LogP contribution in [-0.2, 0) is 17.8 Å². The van der Waals surface area contributed by atoms with E-state index in [1.807, 2.05) is 81.4 Å². The first-order valence-corrected chi connectivity index (χ1v) is 11.5. The Morgan fingerprint density at radius 2 is 1.82 bits per heavy atom. The van der Waals surface area contributed by atoms with Crippen molar-refractivity contribution in [2.45, 2.75) is 46.2 Å². The highest BCUT2D eigenvalue weighted by molar-refractivity contribution is 5.76. The van der Waals surface area contributed by atoms with Crippen LogP contribution < -0.4 is 15.6 Å². The third kappa shape index (κ3) is 4.46. The number of aromatic nitrogens is 3. The van der Waals surface area contributed by atoms with E-state index >= 15 is 0 Å². The number of carbonyl (C=O) groups is 1. The van der Waals surface area contributed by atoms with Gasteiger partial charge in [-0.3, -0.25) is 9.59 Å². The fourth-order valence-corrected chi connectivity index (χ4v) is 4.38. The van der Waals surface area contributed by atoms with E-state index in [1.54, 1.807) is 7.11 Å². The lowest BCUT2D eigenvalue weighted by Crippen LogP contribution is -2.29. The molecule has 0 aliphatic heterocycles.